The second-order valence-corrected chi connectivity index (χ2v) is 7.47. The van der Waals surface area contributed by atoms with E-state index in [2.05, 4.69) is 5.32 Å². The van der Waals surface area contributed by atoms with Crippen LogP contribution in [0.4, 0.5) is 0 Å². The fourth-order valence-electron chi connectivity index (χ4n) is 4.57. The van der Waals surface area contributed by atoms with Gasteiger partial charge >= 0.3 is 0 Å². The van der Waals surface area contributed by atoms with E-state index < -0.39 is 6.10 Å². The maximum absolute atomic E-state index is 13.0. The van der Waals surface area contributed by atoms with Crippen molar-refractivity contribution in [2.24, 2.45) is 11.8 Å². The monoisotopic (exact) mass is 344 g/mol. The summed E-state index contributed by atoms with van der Waals surface area (Å²) in [5.74, 6) is 1.24. The molecule has 1 saturated heterocycles. The van der Waals surface area contributed by atoms with Gasteiger partial charge in [-0.25, -0.2) is 0 Å². The van der Waals surface area contributed by atoms with Crippen LogP contribution >= 0.6 is 0 Å². The number of nitrogens with one attached hydrogen (secondary N) is 1. The number of aliphatic hydroxyl groups excluding tert-OH is 1. The van der Waals surface area contributed by atoms with Crippen molar-refractivity contribution in [3.8, 4) is 5.75 Å². The van der Waals surface area contributed by atoms with E-state index in [-0.39, 0.29) is 17.9 Å². The molecule has 6 heteroatoms. The molecule has 2 aliphatic heterocycles. The molecule has 3 aliphatic rings. The van der Waals surface area contributed by atoms with Crippen molar-refractivity contribution in [3.05, 3.63) is 29.3 Å². The topological polar surface area (TPSA) is 78.9 Å². The van der Waals surface area contributed by atoms with Gasteiger partial charge in [0.15, 0.2) is 0 Å². The Morgan fingerprint density at radius 2 is 2.00 bits per heavy atom. The highest BCUT2D eigenvalue weighted by molar-refractivity contribution is 5.97. The van der Waals surface area contributed by atoms with Crippen molar-refractivity contribution in [1.82, 2.24) is 10.2 Å². The Hall–Kier alpha value is -2.08. The summed E-state index contributed by atoms with van der Waals surface area (Å²) in [5, 5.41) is 13.1. The molecular formula is C19H24N2O4. The zero-order valence-corrected chi connectivity index (χ0v) is 14.4. The number of carbonyl (C=O) groups excluding carboxylic acids is 2. The Morgan fingerprint density at radius 1 is 1.24 bits per heavy atom. The fraction of sp³-hybridized carbons (Fsp3) is 0.579. The number of fused-ring (bicyclic) bond motifs is 2. The van der Waals surface area contributed by atoms with Gasteiger partial charge in [0.25, 0.3) is 5.91 Å². The average Bonchev–Trinajstić information content (AvgIpc) is 3.20. The van der Waals surface area contributed by atoms with Crippen LogP contribution in [0.1, 0.15) is 35.7 Å². The van der Waals surface area contributed by atoms with Gasteiger partial charge in [0.2, 0.25) is 5.91 Å². The first-order chi connectivity index (χ1) is 12.0. The van der Waals surface area contributed by atoms with Gasteiger partial charge < -0.3 is 20.1 Å². The van der Waals surface area contributed by atoms with Gasteiger partial charge in [0, 0.05) is 26.4 Å². The zero-order chi connectivity index (χ0) is 17.6. The van der Waals surface area contributed by atoms with Crippen LogP contribution in [0, 0.1) is 11.8 Å². The van der Waals surface area contributed by atoms with Crippen molar-refractivity contribution in [1.29, 1.82) is 0 Å². The molecule has 1 aromatic rings. The number of benzene rings is 1. The van der Waals surface area contributed by atoms with Gasteiger partial charge in [-0.15, -0.1) is 0 Å². The number of nitrogens with zero attached hydrogens (tertiary/aromatic N) is 1. The summed E-state index contributed by atoms with van der Waals surface area (Å²) in [6, 6.07) is 5.55. The van der Waals surface area contributed by atoms with E-state index in [1.807, 2.05) is 23.1 Å². The second kappa shape index (κ2) is 6.33. The minimum atomic E-state index is -0.537. The number of rotatable bonds is 2. The first-order valence-electron chi connectivity index (χ1n) is 9.02. The van der Waals surface area contributed by atoms with Crippen LogP contribution in [0.2, 0.25) is 0 Å². The molecule has 0 aromatic heterocycles. The van der Waals surface area contributed by atoms with Gasteiger partial charge in [-0.1, -0.05) is 12.1 Å². The lowest BCUT2D eigenvalue weighted by atomic mass is 9.77. The molecular weight excluding hydrogens is 320 g/mol. The third-order valence-corrected chi connectivity index (χ3v) is 5.76. The lowest BCUT2D eigenvalue weighted by Gasteiger charge is -2.35. The fourth-order valence-corrected chi connectivity index (χ4v) is 4.57. The first kappa shape index (κ1) is 16.4. The SMILES string of the molecule is CC(=O)N[C@@H]1C[C@@H]2CN(C(=O)c3cccc4c3OCC4)C[C@@H]2C[C@H]1O. The van der Waals surface area contributed by atoms with E-state index in [0.717, 1.165) is 24.2 Å². The largest absolute Gasteiger partial charge is 0.492 e. The molecule has 0 spiro atoms. The van der Waals surface area contributed by atoms with Crippen LogP contribution in [-0.4, -0.2) is 53.7 Å². The predicted octanol–water partition coefficient (Wildman–Crippen LogP) is 0.969. The highest BCUT2D eigenvalue weighted by Crippen LogP contribution is 2.38. The molecule has 1 aromatic carbocycles. The van der Waals surface area contributed by atoms with Gasteiger partial charge in [-0.2, -0.15) is 0 Å². The minimum Gasteiger partial charge on any atom is -0.492 e. The number of hydrogen-bond donors (Lipinski definition) is 2. The van der Waals surface area contributed by atoms with Gasteiger partial charge in [-0.05, 0) is 36.3 Å². The highest BCUT2D eigenvalue weighted by Gasteiger charge is 2.43. The van der Waals surface area contributed by atoms with E-state index in [4.69, 9.17) is 4.74 Å². The smallest absolute Gasteiger partial charge is 0.257 e. The lowest BCUT2D eigenvalue weighted by Crippen LogP contribution is -2.48. The van der Waals surface area contributed by atoms with Gasteiger partial charge in [0.05, 0.1) is 24.3 Å². The van der Waals surface area contributed by atoms with Crippen molar-refractivity contribution in [3.63, 3.8) is 0 Å². The zero-order valence-electron chi connectivity index (χ0n) is 14.4. The molecule has 4 rings (SSSR count). The molecule has 6 nitrogen and oxygen atoms in total. The lowest BCUT2D eigenvalue weighted by molar-refractivity contribution is -0.121. The molecule has 4 atom stereocenters. The number of hydrogen-bond acceptors (Lipinski definition) is 4. The van der Waals surface area contributed by atoms with Gasteiger partial charge in [-0.3, -0.25) is 9.59 Å². The van der Waals surface area contributed by atoms with Crippen LogP contribution in [-0.2, 0) is 11.2 Å². The van der Waals surface area contributed by atoms with E-state index in [1.54, 1.807) is 0 Å². The molecule has 0 bridgehead atoms. The molecule has 2 amide bonds. The van der Waals surface area contributed by atoms with Crippen LogP contribution in [0.25, 0.3) is 0 Å². The molecule has 2 fully saturated rings. The molecule has 1 saturated carbocycles. The Bertz CT molecular complexity index is 705. The summed E-state index contributed by atoms with van der Waals surface area (Å²) < 4.78 is 5.67. The standard InChI is InChI=1S/C19H24N2O4/c1-11(22)20-16-7-13-9-21(10-14(13)8-17(16)23)19(24)15-4-2-3-12-5-6-25-18(12)15/h2-4,13-14,16-17,23H,5-10H2,1H3,(H,20,22)/t13-,14+,16-,17-/m1/s1. The van der Waals surface area contributed by atoms with E-state index in [9.17, 15) is 14.7 Å². The number of amides is 2. The van der Waals surface area contributed by atoms with Gasteiger partial charge in [0.1, 0.15) is 5.75 Å². The number of carbonyl (C=O) groups is 2. The second-order valence-electron chi connectivity index (χ2n) is 7.47. The normalized spacial score (nSPS) is 30.4. The molecule has 25 heavy (non-hydrogen) atoms. The Labute approximate surface area is 147 Å². The van der Waals surface area contributed by atoms with Crippen LogP contribution in [0.15, 0.2) is 18.2 Å². The molecule has 0 unspecified atom stereocenters. The molecule has 2 N–H and O–H groups in total. The summed E-state index contributed by atoms with van der Waals surface area (Å²) in [4.78, 5) is 26.2. The summed E-state index contributed by atoms with van der Waals surface area (Å²) in [6.45, 7) is 3.45. The molecule has 2 heterocycles. The summed E-state index contributed by atoms with van der Waals surface area (Å²) >= 11 is 0. The van der Waals surface area contributed by atoms with E-state index in [1.165, 1.54) is 6.92 Å². The van der Waals surface area contributed by atoms with Crippen molar-refractivity contribution >= 4 is 11.8 Å². The summed E-state index contributed by atoms with van der Waals surface area (Å²) in [5.41, 5.74) is 1.75. The van der Waals surface area contributed by atoms with Crippen molar-refractivity contribution in [2.75, 3.05) is 19.7 Å². The van der Waals surface area contributed by atoms with Crippen LogP contribution < -0.4 is 10.1 Å². The summed E-state index contributed by atoms with van der Waals surface area (Å²) in [7, 11) is 0. The van der Waals surface area contributed by atoms with E-state index >= 15 is 0 Å². The van der Waals surface area contributed by atoms with Crippen molar-refractivity contribution < 1.29 is 19.4 Å². The third-order valence-electron chi connectivity index (χ3n) is 5.76. The molecule has 0 radical (unpaired) electrons. The van der Waals surface area contributed by atoms with E-state index in [0.29, 0.717) is 43.5 Å². The van der Waals surface area contributed by atoms with Crippen LogP contribution in [0.3, 0.4) is 0 Å². The quantitative estimate of drug-likeness (QED) is 0.838. The van der Waals surface area contributed by atoms with Crippen LogP contribution in [0.5, 0.6) is 5.75 Å². The average molecular weight is 344 g/mol. The predicted molar refractivity (Wildman–Crippen MR) is 91.4 cm³/mol. The van der Waals surface area contributed by atoms with Crippen molar-refractivity contribution in [2.45, 2.75) is 38.3 Å². The molecule has 1 aliphatic carbocycles. The number of likely N-dealkylation sites (tertiary alicyclic amines) is 1. The highest BCUT2D eigenvalue weighted by atomic mass is 16.5. The number of aliphatic hydroxyl groups is 1. The molecule has 134 valence electrons. The summed E-state index contributed by atoms with van der Waals surface area (Å²) in [6.07, 6.45) is 1.66. The third kappa shape index (κ3) is 2.99. The maximum atomic E-state index is 13.0. The Balaban J connectivity index is 1.48. The number of ether oxygens (including phenoxy) is 1. The minimum absolute atomic E-state index is 0.0127. The maximum Gasteiger partial charge on any atom is 0.257 e. The first-order valence-corrected chi connectivity index (χ1v) is 9.02. The Morgan fingerprint density at radius 3 is 2.76 bits per heavy atom. The Kier molecular flexibility index (Phi) is 4.15. The number of para-hydroxylation sites is 1.